The molecule has 0 atom stereocenters. The normalized spacial score (nSPS) is 12.0. The molecule has 1 aromatic rings. The van der Waals surface area contributed by atoms with Crippen LogP contribution in [0.5, 0.6) is 0 Å². The lowest BCUT2D eigenvalue weighted by atomic mass is 10.2. The van der Waals surface area contributed by atoms with Gasteiger partial charge in [-0.15, -0.1) is 0 Å². The second-order valence-electron chi connectivity index (χ2n) is 5.57. The van der Waals surface area contributed by atoms with Gasteiger partial charge < -0.3 is 10.6 Å². The number of amides is 1. The maximum atomic E-state index is 12.0. The Morgan fingerprint density at radius 2 is 2.00 bits per heavy atom. The summed E-state index contributed by atoms with van der Waals surface area (Å²) in [4.78, 5) is 16.1. The van der Waals surface area contributed by atoms with Crippen molar-refractivity contribution in [2.45, 2.75) is 31.9 Å². The predicted octanol–water partition coefficient (Wildman–Crippen LogP) is 1.46. The molecule has 7 heteroatoms. The predicted molar refractivity (Wildman–Crippen MR) is 84.3 cm³/mol. The molecule has 1 heterocycles. The fourth-order valence-corrected chi connectivity index (χ4v) is 1.75. The second-order valence-corrected chi connectivity index (χ2v) is 8.22. The molecule has 1 amide bonds. The minimum absolute atomic E-state index is 0.0561. The molecule has 21 heavy (non-hydrogen) atoms. The molecule has 0 bridgehead atoms. The van der Waals surface area contributed by atoms with E-state index in [1.165, 1.54) is 6.20 Å². The van der Waals surface area contributed by atoms with Gasteiger partial charge in [0, 0.05) is 25.5 Å². The standard InChI is InChI=1S/C14H23N3O3S/c1-5-8-15-12-7-6-11(9-16-12)13(18)17-10-14(2,3)21(4,19)20/h6-7,9H,5,8,10H2,1-4H3,(H,15,16)(H,17,18). The molecular weight excluding hydrogens is 290 g/mol. The summed E-state index contributed by atoms with van der Waals surface area (Å²) in [6, 6.07) is 3.39. The highest BCUT2D eigenvalue weighted by Crippen LogP contribution is 2.14. The highest BCUT2D eigenvalue weighted by Gasteiger charge is 2.30. The molecule has 0 aliphatic heterocycles. The molecule has 1 rings (SSSR count). The van der Waals surface area contributed by atoms with Crippen LogP contribution in [0.3, 0.4) is 0 Å². The molecule has 0 saturated carbocycles. The molecule has 0 spiro atoms. The van der Waals surface area contributed by atoms with Crippen molar-refractivity contribution in [3.05, 3.63) is 23.9 Å². The third-order valence-corrected chi connectivity index (χ3v) is 5.41. The summed E-state index contributed by atoms with van der Waals surface area (Å²) in [7, 11) is -3.24. The number of hydrogen-bond donors (Lipinski definition) is 2. The first-order valence-electron chi connectivity index (χ1n) is 6.85. The largest absolute Gasteiger partial charge is 0.370 e. The van der Waals surface area contributed by atoms with Crippen molar-refractivity contribution >= 4 is 21.6 Å². The molecule has 0 aliphatic carbocycles. The monoisotopic (exact) mass is 313 g/mol. The van der Waals surface area contributed by atoms with Crippen LogP contribution in [-0.4, -0.2) is 43.4 Å². The molecule has 2 N–H and O–H groups in total. The number of nitrogens with one attached hydrogen (secondary N) is 2. The van der Waals surface area contributed by atoms with Gasteiger partial charge >= 0.3 is 0 Å². The number of carbonyl (C=O) groups is 1. The average Bonchev–Trinajstić information content (AvgIpc) is 2.42. The Hall–Kier alpha value is -1.63. The minimum atomic E-state index is -3.24. The number of hydrogen-bond acceptors (Lipinski definition) is 5. The van der Waals surface area contributed by atoms with Crippen LogP contribution in [0.25, 0.3) is 0 Å². The Bertz CT molecular complexity index is 580. The minimum Gasteiger partial charge on any atom is -0.370 e. The average molecular weight is 313 g/mol. The van der Waals surface area contributed by atoms with Gasteiger partial charge in [-0.1, -0.05) is 6.92 Å². The van der Waals surface area contributed by atoms with Crippen LogP contribution in [0.2, 0.25) is 0 Å². The van der Waals surface area contributed by atoms with Gasteiger partial charge in [0.1, 0.15) is 5.82 Å². The lowest BCUT2D eigenvalue weighted by Crippen LogP contribution is -2.43. The maximum absolute atomic E-state index is 12.0. The lowest BCUT2D eigenvalue weighted by Gasteiger charge is -2.22. The first kappa shape index (κ1) is 17.4. The van der Waals surface area contributed by atoms with Crippen LogP contribution < -0.4 is 10.6 Å². The summed E-state index contributed by atoms with van der Waals surface area (Å²) in [6.45, 7) is 6.09. The third-order valence-electron chi connectivity index (χ3n) is 3.26. The fourth-order valence-electron chi connectivity index (χ4n) is 1.41. The van der Waals surface area contributed by atoms with E-state index in [4.69, 9.17) is 0 Å². The van der Waals surface area contributed by atoms with E-state index in [2.05, 4.69) is 22.5 Å². The summed E-state index contributed by atoms with van der Waals surface area (Å²) in [5.74, 6) is 0.381. The van der Waals surface area contributed by atoms with Gasteiger partial charge in [-0.3, -0.25) is 4.79 Å². The van der Waals surface area contributed by atoms with Crippen molar-refractivity contribution in [2.75, 3.05) is 24.7 Å². The molecule has 0 aromatic carbocycles. The molecule has 0 aliphatic rings. The van der Waals surface area contributed by atoms with Gasteiger partial charge in [0.2, 0.25) is 0 Å². The van der Waals surface area contributed by atoms with E-state index in [1.807, 2.05) is 0 Å². The van der Waals surface area contributed by atoms with Crippen LogP contribution in [0.4, 0.5) is 5.82 Å². The van der Waals surface area contributed by atoms with Gasteiger partial charge in [-0.25, -0.2) is 13.4 Å². The first-order valence-corrected chi connectivity index (χ1v) is 8.74. The van der Waals surface area contributed by atoms with Crippen molar-refractivity contribution in [1.29, 1.82) is 0 Å². The number of pyridine rings is 1. The molecule has 0 unspecified atom stereocenters. The number of carbonyl (C=O) groups excluding carboxylic acids is 1. The topological polar surface area (TPSA) is 88.2 Å². The highest BCUT2D eigenvalue weighted by molar-refractivity contribution is 7.92. The van der Waals surface area contributed by atoms with Crippen LogP contribution in [0.15, 0.2) is 18.3 Å². The summed E-state index contributed by atoms with van der Waals surface area (Å²) in [6.07, 6.45) is 3.63. The van der Waals surface area contributed by atoms with Crippen molar-refractivity contribution in [3.63, 3.8) is 0 Å². The Labute approximate surface area is 126 Å². The number of rotatable bonds is 7. The maximum Gasteiger partial charge on any atom is 0.252 e. The van der Waals surface area contributed by atoms with Gasteiger partial charge in [-0.05, 0) is 32.4 Å². The molecule has 0 saturated heterocycles. The summed E-state index contributed by atoms with van der Waals surface area (Å²) in [5, 5.41) is 5.74. The summed E-state index contributed by atoms with van der Waals surface area (Å²) in [5.41, 5.74) is 0.404. The number of sulfone groups is 1. The highest BCUT2D eigenvalue weighted by atomic mass is 32.2. The fraction of sp³-hybridized carbons (Fsp3) is 0.571. The number of aromatic nitrogens is 1. The van der Waals surface area contributed by atoms with Crippen molar-refractivity contribution in [2.24, 2.45) is 0 Å². The smallest absolute Gasteiger partial charge is 0.252 e. The molecular formula is C14H23N3O3S. The van der Waals surface area contributed by atoms with E-state index in [-0.39, 0.29) is 12.5 Å². The van der Waals surface area contributed by atoms with Crippen LogP contribution in [-0.2, 0) is 9.84 Å². The molecule has 1 aromatic heterocycles. The van der Waals surface area contributed by atoms with Crippen LogP contribution in [0.1, 0.15) is 37.6 Å². The Morgan fingerprint density at radius 3 is 2.48 bits per heavy atom. The summed E-state index contributed by atoms with van der Waals surface area (Å²) >= 11 is 0. The molecule has 0 fully saturated rings. The van der Waals surface area contributed by atoms with Crippen molar-refractivity contribution < 1.29 is 13.2 Å². The lowest BCUT2D eigenvalue weighted by molar-refractivity contribution is 0.0950. The van der Waals surface area contributed by atoms with Gasteiger partial charge in [0.25, 0.3) is 5.91 Å². The van der Waals surface area contributed by atoms with E-state index < -0.39 is 14.6 Å². The van der Waals surface area contributed by atoms with Crippen LogP contribution >= 0.6 is 0 Å². The number of anilines is 1. The second kappa shape index (κ2) is 6.89. The zero-order valence-corrected chi connectivity index (χ0v) is 13.8. The Balaban J connectivity index is 2.64. The van der Waals surface area contributed by atoms with Gasteiger partial charge in [-0.2, -0.15) is 0 Å². The van der Waals surface area contributed by atoms with Crippen molar-refractivity contribution in [1.82, 2.24) is 10.3 Å². The zero-order valence-electron chi connectivity index (χ0n) is 12.9. The third kappa shape index (κ3) is 5.00. The van der Waals surface area contributed by atoms with Gasteiger partial charge in [0.05, 0.1) is 10.3 Å². The zero-order chi connectivity index (χ0) is 16.1. The molecule has 118 valence electrons. The Kier molecular flexibility index (Phi) is 5.71. The summed E-state index contributed by atoms with van der Waals surface area (Å²) < 4.78 is 22.1. The van der Waals surface area contributed by atoms with E-state index in [1.54, 1.807) is 26.0 Å². The Morgan fingerprint density at radius 1 is 1.33 bits per heavy atom. The van der Waals surface area contributed by atoms with Crippen molar-refractivity contribution in [3.8, 4) is 0 Å². The molecule has 6 nitrogen and oxygen atoms in total. The van der Waals surface area contributed by atoms with E-state index in [0.29, 0.717) is 11.4 Å². The first-order chi connectivity index (χ1) is 9.67. The molecule has 0 radical (unpaired) electrons. The quantitative estimate of drug-likeness (QED) is 0.795. The van der Waals surface area contributed by atoms with E-state index in [0.717, 1.165) is 19.2 Å². The SMILES string of the molecule is CCCNc1ccc(C(=O)NCC(C)(C)S(C)(=O)=O)cn1. The van der Waals surface area contributed by atoms with Gasteiger partial charge in [0.15, 0.2) is 9.84 Å². The number of nitrogens with zero attached hydrogens (tertiary/aromatic N) is 1. The van der Waals surface area contributed by atoms with E-state index in [9.17, 15) is 13.2 Å². The van der Waals surface area contributed by atoms with Crippen LogP contribution in [0, 0.1) is 0 Å². The van der Waals surface area contributed by atoms with E-state index >= 15 is 0 Å².